The first-order valence-corrected chi connectivity index (χ1v) is 9.17. The summed E-state index contributed by atoms with van der Waals surface area (Å²) in [6.45, 7) is 10.6. The maximum atomic E-state index is 11.9. The molecule has 0 saturated heterocycles. The van der Waals surface area contributed by atoms with Gasteiger partial charge in [0.05, 0.1) is 23.5 Å². The molecule has 6 heteroatoms. The number of aromatic nitrogens is 1. The van der Waals surface area contributed by atoms with Crippen molar-refractivity contribution >= 4 is 28.8 Å². The lowest BCUT2D eigenvalue weighted by atomic mass is 9.92. The Bertz CT molecular complexity index is 1150. The van der Waals surface area contributed by atoms with E-state index >= 15 is 0 Å². The topological polar surface area (TPSA) is 59.8 Å². The standard InChI is InChI=1S/C22H16ClN3O2/c1-12(27)10-19-22-20(13(2)26-28-22)17-9-6-15(23)11-18(17)21(25-19)14-4-7-16(24-3)8-5-14/h4-9,11,19H,10H2,1-2H3/t19-/m0/s1. The second-order valence-corrected chi connectivity index (χ2v) is 7.19. The molecule has 0 aliphatic carbocycles. The van der Waals surface area contributed by atoms with Crippen LogP contribution in [-0.2, 0) is 4.79 Å². The third-order valence-electron chi connectivity index (χ3n) is 4.73. The summed E-state index contributed by atoms with van der Waals surface area (Å²) in [4.78, 5) is 20.3. The molecule has 0 N–H and O–H groups in total. The summed E-state index contributed by atoms with van der Waals surface area (Å²) in [6.07, 6.45) is 0.215. The number of carbonyl (C=O) groups is 1. The molecule has 1 aliphatic heterocycles. The van der Waals surface area contributed by atoms with Crippen molar-refractivity contribution < 1.29 is 9.32 Å². The number of hydrogen-bond acceptors (Lipinski definition) is 4. The van der Waals surface area contributed by atoms with Crippen LogP contribution in [0.4, 0.5) is 5.69 Å². The van der Waals surface area contributed by atoms with Crippen LogP contribution in [0.15, 0.2) is 52.0 Å². The first kappa shape index (κ1) is 18.1. The monoisotopic (exact) mass is 389 g/mol. The van der Waals surface area contributed by atoms with E-state index in [1.807, 2.05) is 37.3 Å². The molecule has 4 rings (SSSR count). The van der Waals surface area contributed by atoms with E-state index in [2.05, 4.69) is 10.0 Å². The van der Waals surface area contributed by atoms with E-state index in [9.17, 15) is 4.79 Å². The number of hydrogen-bond donors (Lipinski definition) is 0. The van der Waals surface area contributed by atoms with E-state index in [1.54, 1.807) is 12.1 Å². The summed E-state index contributed by atoms with van der Waals surface area (Å²) < 4.78 is 5.61. The molecule has 0 unspecified atom stereocenters. The van der Waals surface area contributed by atoms with Gasteiger partial charge < -0.3 is 4.52 Å². The fourth-order valence-electron chi connectivity index (χ4n) is 3.49. The average Bonchev–Trinajstić information content (AvgIpc) is 3.00. The lowest BCUT2D eigenvalue weighted by molar-refractivity contribution is -0.117. The van der Waals surface area contributed by atoms with Gasteiger partial charge in [0.2, 0.25) is 0 Å². The first-order valence-electron chi connectivity index (χ1n) is 8.79. The van der Waals surface area contributed by atoms with Crippen LogP contribution in [0.2, 0.25) is 5.02 Å². The van der Waals surface area contributed by atoms with Crippen molar-refractivity contribution in [3.05, 3.63) is 81.5 Å². The second-order valence-electron chi connectivity index (χ2n) is 6.76. The molecule has 3 aromatic rings. The van der Waals surface area contributed by atoms with Crippen molar-refractivity contribution in [2.75, 3.05) is 0 Å². The fraction of sp³-hybridized carbons (Fsp3) is 0.182. The molecular weight excluding hydrogens is 374 g/mol. The van der Waals surface area contributed by atoms with Gasteiger partial charge in [-0.05, 0) is 37.1 Å². The Hall–Kier alpha value is -3.23. The third-order valence-corrected chi connectivity index (χ3v) is 4.97. The summed E-state index contributed by atoms with van der Waals surface area (Å²) in [7, 11) is 0. The van der Waals surface area contributed by atoms with Gasteiger partial charge in [0, 0.05) is 17.0 Å². The Morgan fingerprint density at radius 1 is 1.21 bits per heavy atom. The van der Waals surface area contributed by atoms with Crippen molar-refractivity contribution in [2.24, 2.45) is 4.99 Å². The smallest absolute Gasteiger partial charge is 0.187 e. The minimum absolute atomic E-state index is 0.0143. The number of carbonyl (C=O) groups excluding carboxylic acids is 1. The van der Waals surface area contributed by atoms with Gasteiger partial charge in [-0.2, -0.15) is 0 Å². The minimum atomic E-state index is -0.476. The number of nitrogens with zero attached hydrogens (tertiary/aromatic N) is 3. The number of aryl methyl sites for hydroxylation is 1. The van der Waals surface area contributed by atoms with E-state index in [-0.39, 0.29) is 12.2 Å². The van der Waals surface area contributed by atoms with E-state index in [4.69, 9.17) is 27.7 Å². The number of aliphatic imine (C=N–C) groups is 1. The van der Waals surface area contributed by atoms with Crippen molar-refractivity contribution in [2.45, 2.75) is 26.3 Å². The van der Waals surface area contributed by atoms with Crippen LogP contribution in [0.1, 0.15) is 42.0 Å². The van der Waals surface area contributed by atoms with Gasteiger partial charge in [0.15, 0.2) is 11.4 Å². The Labute approximate surface area is 167 Å². The van der Waals surface area contributed by atoms with Gasteiger partial charge in [0.1, 0.15) is 11.8 Å². The lowest BCUT2D eigenvalue weighted by Crippen LogP contribution is -2.07. The molecule has 0 fully saturated rings. The van der Waals surface area contributed by atoms with Gasteiger partial charge in [-0.15, -0.1) is 0 Å². The van der Waals surface area contributed by atoms with Crippen LogP contribution in [0.25, 0.3) is 16.0 Å². The molecule has 1 aliphatic rings. The highest BCUT2D eigenvalue weighted by atomic mass is 35.5. The van der Waals surface area contributed by atoms with Gasteiger partial charge in [-0.3, -0.25) is 9.79 Å². The highest BCUT2D eigenvalue weighted by Crippen LogP contribution is 2.41. The third kappa shape index (κ3) is 3.12. The molecule has 5 nitrogen and oxygen atoms in total. The zero-order valence-electron chi connectivity index (χ0n) is 15.4. The molecule has 138 valence electrons. The van der Waals surface area contributed by atoms with Crippen LogP contribution in [0.3, 0.4) is 0 Å². The predicted molar refractivity (Wildman–Crippen MR) is 108 cm³/mol. The Morgan fingerprint density at radius 2 is 1.96 bits per heavy atom. The Balaban J connectivity index is 2.00. The number of benzene rings is 2. The Kier molecular flexibility index (Phi) is 4.58. The van der Waals surface area contributed by atoms with Crippen LogP contribution in [0, 0.1) is 13.5 Å². The molecule has 0 amide bonds. The molecular formula is C22H16ClN3O2. The lowest BCUT2D eigenvalue weighted by Gasteiger charge is -2.12. The average molecular weight is 390 g/mol. The highest BCUT2D eigenvalue weighted by molar-refractivity contribution is 6.31. The van der Waals surface area contributed by atoms with Crippen molar-refractivity contribution in [3.63, 3.8) is 0 Å². The second kappa shape index (κ2) is 7.06. The fourth-order valence-corrected chi connectivity index (χ4v) is 3.66. The van der Waals surface area contributed by atoms with Crippen LogP contribution >= 0.6 is 11.6 Å². The summed E-state index contributed by atoms with van der Waals surface area (Å²) in [5, 5.41) is 4.71. The molecule has 0 saturated carbocycles. The number of ketones is 1. The van der Waals surface area contributed by atoms with E-state index in [1.165, 1.54) is 6.92 Å². The number of rotatable bonds is 3. The van der Waals surface area contributed by atoms with E-state index in [0.717, 1.165) is 27.9 Å². The first-order chi connectivity index (χ1) is 13.5. The maximum Gasteiger partial charge on any atom is 0.187 e. The molecule has 28 heavy (non-hydrogen) atoms. The number of halogens is 1. The van der Waals surface area contributed by atoms with Gasteiger partial charge >= 0.3 is 0 Å². The molecule has 0 bridgehead atoms. The summed E-state index contributed by atoms with van der Waals surface area (Å²) in [5.41, 5.74) is 5.48. The van der Waals surface area contributed by atoms with E-state index < -0.39 is 6.04 Å². The summed E-state index contributed by atoms with van der Waals surface area (Å²) in [5.74, 6) is 0.601. The predicted octanol–water partition coefficient (Wildman–Crippen LogP) is 5.73. The highest BCUT2D eigenvalue weighted by Gasteiger charge is 2.31. The molecule has 0 spiro atoms. The molecule has 2 heterocycles. The van der Waals surface area contributed by atoms with Crippen LogP contribution in [-0.4, -0.2) is 16.7 Å². The van der Waals surface area contributed by atoms with Crippen LogP contribution in [0.5, 0.6) is 0 Å². The largest absolute Gasteiger partial charge is 0.358 e. The van der Waals surface area contributed by atoms with Crippen LogP contribution < -0.4 is 0 Å². The normalized spacial score (nSPS) is 15.1. The van der Waals surface area contributed by atoms with Crippen molar-refractivity contribution in [1.82, 2.24) is 5.16 Å². The minimum Gasteiger partial charge on any atom is -0.358 e. The maximum absolute atomic E-state index is 11.9. The zero-order chi connectivity index (χ0) is 19.8. The molecule has 1 atom stereocenters. The van der Waals surface area contributed by atoms with Gasteiger partial charge in [-0.25, -0.2) is 4.85 Å². The zero-order valence-corrected chi connectivity index (χ0v) is 16.1. The van der Waals surface area contributed by atoms with Crippen molar-refractivity contribution in [3.8, 4) is 11.1 Å². The van der Waals surface area contributed by atoms with E-state index in [0.29, 0.717) is 22.2 Å². The summed E-state index contributed by atoms with van der Waals surface area (Å²) in [6, 6.07) is 12.4. The molecule has 2 aromatic carbocycles. The van der Waals surface area contributed by atoms with Gasteiger partial charge in [-0.1, -0.05) is 47.1 Å². The number of fused-ring (bicyclic) bond motifs is 3. The van der Waals surface area contributed by atoms with Gasteiger partial charge in [0.25, 0.3) is 0 Å². The SMILES string of the molecule is [C-]#[N+]c1ccc(C2=N[C@@H](CC(C)=O)c3onc(C)c3-c3ccc(Cl)cc32)cc1. The summed E-state index contributed by atoms with van der Waals surface area (Å²) >= 11 is 6.30. The van der Waals surface area contributed by atoms with Crippen molar-refractivity contribution in [1.29, 1.82) is 0 Å². The Morgan fingerprint density at radius 3 is 2.64 bits per heavy atom. The molecule has 1 aromatic heterocycles. The molecule has 0 radical (unpaired) electrons. The number of Topliss-reactive ketones (excluding diaryl/α,β-unsaturated/α-hetero) is 1. The quantitative estimate of drug-likeness (QED) is 0.538.